The van der Waals surface area contributed by atoms with Gasteiger partial charge in [0.05, 0.1) is 19.2 Å². The van der Waals surface area contributed by atoms with Crippen molar-refractivity contribution in [2.75, 3.05) is 7.11 Å². The number of methoxy groups -OCH3 is 1. The summed E-state index contributed by atoms with van der Waals surface area (Å²) in [5, 5.41) is 7.60. The number of aromatic nitrogens is 6. The van der Waals surface area contributed by atoms with E-state index in [1.807, 2.05) is 0 Å². The Morgan fingerprint density at radius 1 is 1.29 bits per heavy atom. The maximum atomic E-state index is 12.3. The normalized spacial score (nSPS) is 11.7. The summed E-state index contributed by atoms with van der Waals surface area (Å²) in [4.78, 5) is 12.0. The minimum absolute atomic E-state index is 0.111. The molecule has 8 nitrogen and oxygen atoms in total. The standard InChI is InChI=1S/C13H11F3N6O2/c1-23-10-5-9(17-7-18-10)12-19-11(24-21-12)4-8-2-3-22(20-8)6-13(14,15)16/h2-3,5,7H,4,6H2,1H3. The maximum Gasteiger partial charge on any atom is 0.408 e. The summed E-state index contributed by atoms with van der Waals surface area (Å²) < 4.78 is 47.8. The van der Waals surface area contributed by atoms with Crippen LogP contribution in [0.5, 0.6) is 5.88 Å². The smallest absolute Gasteiger partial charge is 0.408 e. The van der Waals surface area contributed by atoms with E-state index < -0.39 is 12.7 Å². The lowest BCUT2D eigenvalue weighted by Crippen LogP contribution is -2.18. The van der Waals surface area contributed by atoms with Crippen LogP contribution in [0.15, 0.2) is 29.2 Å². The second-order valence-electron chi connectivity index (χ2n) is 4.75. The molecule has 3 heterocycles. The van der Waals surface area contributed by atoms with Crippen LogP contribution >= 0.6 is 0 Å². The lowest BCUT2D eigenvalue weighted by molar-refractivity contribution is -0.142. The molecule has 0 saturated heterocycles. The molecule has 0 aliphatic heterocycles. The Morgan fingerprint density at radius 2 is 2.12 bits per heavy atom. The van der Waals surface area contributed by atoms with E-state index in [0.717, 1.165) is 4.68 Å². The third-order valence-electron chi connectivity index (χ3n) is 2.92. The van der Waals surface area contributed by atoms with Crippen molar-refractivity contribution in [2.45, 2.75) is 19.1 Å². The van der Waals surface area contributed by atoms with Gasteiger partial charge in [0.1, 0.15) is 18.6 Å². The van der Waals surface area contributed by atoms with Crippen molar-refractivity contribution in [1.82, 2.24) is 29.9 Å². The van der Waals surface area contributed by atoms with E-state index in [9.17, 15) is 13.2 Å². The van der Waals surface area contributed by atoms with Crippen molar-refractivity contribution in [3.05, 3.63) is 36.2 Å². The van der Waals surface area contributed by atoms with Crippen LogP contribution in [-0.4, -0.2) is 43.2 Å². The summed E-state index contributed by atoms with van der Waals surface area (Å²) in [5.41, 5.74) is 0.786. The Labute approximate surface area is 133 Å². The molecule has 0 aliphatic rings. The first kappa shape index (κ1) is 15.9. The zero-order valence-electron chi connectivity index (χ0n) is 12.4. The Hall–Kier alpha value is -2.98. The number of rotatable bonds is 5. The molecule has 0 aliphatic carbocycles. The predicted octanol–water partition coefficient (Wildman–Crippen LogP) is 1.88. The Morgan fingerprint density at radius 3 is 2.88 bits per heavy atom. The summed E-state index contributed by atoms with van der Waals surface area (Å²) in [5.74, 6) is 0.775. The Balaban J connectivity index is 1.72. The second kappa shape index (κ2) is 6.26. The zero-order valence-corrected chi connectivity index (χ0v) is 12.4. The minimum atomic E-state index is -4.33. The monoisotopic (exact) mass is 340 g/mol. The van der Waals surface area contributed by atoms with Crippen LogP contribution in [0.2, 0.25) is 0 Å². The van der Waals surface area contributed by atoms with E-state index in [1.54, 1.807) is 0 Å². The van der Waals surface area contributed by atoms with Gasteiger partial charge in [-0.25, -0.2) is 9.97 Å². The molecule has 0 amide bonds. The van der Waals surface area contributed by atoms with Crippen LogP contribution in [0.3, 0.4) is 0 Å². The maximum absolute atomic E-state index is 12.3. The van der Waals surface area contributed by atoms with Gasteiger partial charge >= 0.3 is 6.18 Å². The number of hydrogen-bond donors (Lipinski definition) is 0. The summed E-state index contributed by atoms with van der Waals surface area (Å²) in [7, 11) is 1.46. The van der Waals surface area contributed by atoms with Crippen molar-refractivity contribution >= 4 is 0 Å². The Bertz CT molecular complexity index is 829. The zero-order chi connectivity index (χ0) is 17.2. The van der Waals surface area contributed by atoms with Gasteiger partial charge < -0.3 is 9.26 Å². The first-order valence-corrected chi connectivity index (χ1v) is 6.71. The van der Waals surface area contributed by atoms with Gasteiger partial charge in [0.25, 0.3) is 0 Å². The molecule has 0 saturated carbocycles. The van der Waals surface area contributed by atoms with Crippen LogP contribution in [0.1, 0.15) is 11.6 Å². The molecule has 0 aromatic carbocycles. The predicted molar refractivity (Wildman–Crippen MR) is 73.0 cm³/mol. The molecular weight excluding hydrogens is 329 g/mol. The number of ether oxygens (including phenoxy) is 1. The van der Waals surface area contributed by atoms with Crippen LogP contribution in [0.25, 0.3) is 11.5 Å². The lowest BCUT2D eigenvalue weighted by atomic mass is 10.3. The first-order chi connectivity index (χ1) is 11.4. The largest absolute Gasteiger partial charge is 0.481 e. The van der Waals surface area contributed by atoms with Gasteiger partial charge in [-0.05, 0) is 6.07 Å². The summed E-state index contributed by atoms with van der Waals surface area (Å²) >= 11 is 0. The first-order valence-electron chi connectivity index (χ1n) is 6.71. The van der Waals surface area contributed by atoms with Crippen LogP contribution in [0.4, 0.5) is 13.2 Å². The van der Waals surface area contributed by atoms with Gasteiger partial charge in [-0.3, -0.25) is 4.68 Å². The average molecular weight is 340 g/mol. The summed E-state index contributed by atoms with van der Waals surface area (Å²) in [6, 6.07) is 3.00. The highest BCUT2D eigenvalue weighted by atomic mass is 19.4. The molecule has 0 spiro atoms. The summed E-state index contributed by atoms with van der Waals surface area (Å²) in [6.07, 6.45) is -1.68. The van der Waals surface area contributed by atoms with Crippen molar-refractivity contribution < 1.29 is 22.4 Å². The quantitative estimate of drug-likeness (QED) is 0.700. The van der Waals surface area contributed by atoms with E-state index in [0.29, 0.717) is 17.3 Å². The number of alkyl halides is 3. The molecule has 0 bridgehead atoms. The number of hydrogen-bond acceptors (Lipinski definition) is 7. The lowest BCUT2D eigenvalue weighted by Gasteiger charge is -2.05. The van der Waals surface area contributed by atoms with E-state index >= 15 is 0 Å². The fourth-order valence-corrected chi connectivity index (χ4v) is 1.93. The van der Waals surface area contributed by atoms with E-state index in [-0.39, 0.29) is 18.1 Å². The highest BCUT2D eigenvalue weighted by Gasteiger charge is 2.28. The van der Waals surface area contributed by atoms with Crippen LogP contribution < -0.4 is 4.74 Å². The van der Waals surface area contributed by atoms with Crippen molar-refractivity contribution in [1.29, 1.82) is 0 Å². The van der Waals surface area contributed by atoms with Gasteiger partial charge in [0.15, 0.2) is 0 Å². The third-order valence-corrected chi connectivity index (χ3v) is 2.92. The van der Waals surface area contributed by atoms with Gasteiger partial charge in [-0.2, -0.15) is 23.3 Å². The fraction of sp³-hybridized carbons (Fsp3) is 0.308. The molecule has 3 rings (SSSR count). The van der Waals surface area contributed by atoms with Gasteiger partial charge in [-0.1, -0.05) is 5.16 Å². The fourth-order valence-electron chi connectivity index (χ4n) is 1.93. The molecule has 0 atom stereocenters. The molecule has 3 aromatic heterocycles. The molecule has 0 radical (unpaired) electrons. The summed E-state index contributed by atoms with van der Waals surface area (Å²) in [6.45, 7) is -1.15. The van der Waals surface area contributed by atoms with Crippen molar-refractivity contribution in [3.8, 4) is 17.4 Å². The highest BCUT2D eigenvalue weighted by molar-refractivity contribution is 5.49. The minimum Gasteiger partial charge on any atom is -0.481 e. The van der Waals surface area contributed by atoms with Crippen molar-refractivity contribution in [2.24, 2.45) is 0 Å². The Kier molecular flexibility index (Phi) is 4.15. The molecule has 11 heteroatoms. The topological polar surface area (TPSA) is 91.8 Å². The van der Waals surface area contributed by atoms with Crippen LogP contribution in [0, 0.1) is 0 Å². The van der Waals surface area contributed by atoms with E-state index in [2.05, 4.69) is 25.2 Å². The van der Waals surface area contributed by atoms with Gasteiger partial charge in [-0.15, -0.1) is 0 Å². The molecule has 0 N–H and O–H groups in total. The van der Waals surface area contributed by atoms with Crippen molar-refractivity contribution in [3.63, 3.8) is 0 Å². The molecule has 0 fully saturated rings. The average Bonchev–Trinajstić information content (AvgIpc) is 3.16. The van der Waals surface area contributed by atoms with Gasteiger partial charge in [0, 0.05) is 12.3 Å². The second-order valence-corrected chi connectivity index (χ2v) is 4.75. The third kappa shape index (κ3) is 3.86. The van der Waals surface area contributed by atoms with Crippen LogP contribution in [-0.2, 0) is 13.0 Å². The molecular formula is C13H11F3N6O2. The molecule has 0 unspecified atom stereocenters. The molecule has 126 valence electrons. The number of nitrogens with zero attached hydrogens (tertiary/aromatic N) is 6. The SMILES string of the molecule is COc1cc(-c2noc(Cc3ccn(CC(F)(F)F)n3)n2)ncn1. The van der Waals surface area contributed by atoms with E-state index in [4.69, 9.17) is 9.26 Å². The molecule has 24 heavy (non-hydrogen) atoms. The molecule has 3 aromatic rings. The van der Waals surface area contributed by atoms with E-state index in [1.165, 1.54) is 31.8 Å². The highest BCUT2D eigenvalue weighted by Crippen LogP contribution is 2.19. The number of halogens is 3. The van der Waals surface area contributed by atoms with Gasteiger partial charge in [0.2, 0.25) is 17.6 Å².